The molecular formula is C26H33F2N3O+2. The molecule has 1 heterocycles. The lowest BCUT2D eigenvalue weighted by atomic mass is 9.95. The maximum absolute atomic E-state index is 13.6. The minimum Gasteiger partial charge on any atom is -0.361 e. The Labute approximate surface area is 189 Å². The molecular weight excluding hydrogens is 408 g/mol. The van der Waals surface area contributed by atoms with E-state index in [1.165, 1.54) is 17.7 Å². The number of allylic oxidation sites excluding steroid dienone is 2. The number of carbonyl (C=O) groups excluding carboxylic acids is 1. The third-order valence-electron chi connectivity index (χ3n) is 5.85. The largest absolute Gasteiger partial charge is 0.361 e. The zero-order chi connectivity index (χ0) is 23.1. The average molecular weight is 442 g/mol. The molecule has 0 bridgehead atoms. The van der Waals surface area contributed by atoms with Gasteiger partial charge in [-0.1, -0.05) is 31.2 Å². The van der Waals surface area contributed by atoms with Crippen LogP contribution >= 0.6 is 0 Å². The summed E-state index contributed by atoms with van der Waals surface area (Å²) in [4.78, 5) is 15.5. The summed E-state index contributed by atoms with van der Waals surface area (Å²) in [7, 11) is 0. The van der Waals surface area contributed by atoms with Gasteiger partial charge in [0, 0.05) is 19.0 Å². The molecule has 0 aromatic heterocycles. The van der Waals surface area contributed by atoms with E-state index in [2.05, 4.69) is 41.2 Å². The minimum atomic E-state index is -0.568. The highest BCUT2D eigenvalue weighted by molar-refractivity contribution is 6.25. The standard InChI is InChI=1S/C26H32F2N3O/c1-3-19-6-5-7-21(14-19)26-24(31(4-2)13-10-29)18-30(12-9-25(26)32)11-8-20-15-22(27)17-23(28)16-20/h5-7,14-18H,3-4,8-13,29H2,1-2H3/q+1/p+1. The lowest BCUT2D eigenvalue weighted by Crippen LogP contribution is -2.55. The molecule has 1 aliphatic rings. The van der Waals surface area contributed by atoms with Gasteiger partial charge in [0.2, 0.25) is 0 Å². The lowest BCUT2D eigenvalue weighted by molar-refractivity contribution is -0.521. The summed E-state index contributed by atoms with van der Waals surface area (Å²) in [5.41, 5.74) is 8.39. The van der Waals surface area contributed by atoms with Crippen molar-refractivity contribution in [2.45, 2.75) is 33.1 Å². The third-order valence-corrected chi connectivity index (χ3v) is 5.85. The Morgan fingerprint density at radius 3 is 2.47 bits per heavy atom. The number of carbonyl (C=O) groups is 1. The molecule has 0 saturated carbocycles. The van der Waals surface area contributed by atoms with Gasteiger partial charge < -0.3 is 10.6 Å². The molecule has 0 aliphatic carbocycles. The van der Waals surface area contributed by atoms with Gasteiger partial charge in [-0.3, -0.25) is 4.79 Å². The van der Waals surface area contributed by atoms with Crippen LogP contribution in [0.15, 0.2) is 48.2 Å². The topological polar surface area (TPSA) is 51.0 Å². The molecule has 6 heteroatoms. The first-order valence-corrected chi connectivity index (χ1v) is 11.4. The molecule has 0 spiro atoms. The van der Waals surface area contributed by atoms with Gasteiger partial charge in [-0.15, -0.1) is 0 Å². The molecule has 3 rings (SSSR count). The molecule has 0 radical (unpaired) electrons. The van der Waals surface area contributed by atoms with Gasteiger partial charge in [0.25, 0.3) is 0 Å². The summed E-state index contributed by atoms with van der Waals surface area (Å²) in [5, 5.41) is 0. The highest BCUT2D eigenvalue weighted by atomic mass is 19.1. The van der Waals surface area contributed by atoms with Crippen LogP contribution in [0, 0.1) is 11.6 Å². The van der Waals surface area contributed by atoms with Gasteiger partial charge in [0.1, 0.15) is 30.4 Å². The summed E-state index contributed by atoms with van der Waals surface area (Å²) >= 11 is 0. The molecule has 0 fully saturated rings. The Kier molecular flexibility index (Phi) is 8.28. The van der Waals surface area contributed by atoms with Gasteiger partial charge in [0.15, 0.2) is 12.0 Å². The van der Waals surface area contributed by atoms with Crippen LogP contribution < -0.4 is 5.73 Å². The molecule has 0 atom stereocenters. The predicted octanol–water partition coefficient (Wildman–Crippen LogP) is 3.10. The van der Waals surface area contributed by atoms with Crippen LogP contribution in [-0.2, 0) is 17.6 Å². The SMILES string of the molecule is CCc1cccc(C2=C(N(CC)CC[NH3+])C=[N+](CCc3cc(F)cc(F)c3)CCC2=O)c1. The van der Waals surface area contributed by atoms with Crippen molar-refractivity contribution in [3.05, 3.63) is 76.5 Å². The summed E-state index contributed by atoms with van der Waals surface area (Å²) in [5.74, 6) is -1.02. The number of rotatable bonds is 9. The second kappa shape index (κ2) is 11.1. The average Bonchev–Trinajstić information content (AvgIpc) is 2.94. The van der Waals surface area contributed by atoms with Crippen molar-refractivity contribution in [1.82, 2.24) is 4.90 Å². The zero-order valence-corrected chi connectivity index (χ0v) is 19.0. The van der Waals surface area contributed by atoms with Crippen molar-refractivity contribution in [3.63, 3.8) is 0 Å². The van der Waals surface area contributed by atoms with Crippen molar-refractivity contribution >= 4 is 17.6 Å². The molecule has 32 heavy (non-hydrogen) atoms. The van der Waals surface area contributed by atoms with Gasteiger partial charge in [0.05, 0.1) is 25.1 Å². The molecule has 170 valence electrons. The number of halogens is 2. The van der Waals surface area contributed by atoms with Gasteiger partial charge in [-0.2, -0.15) is 0 Å². The van der Waals surface area contributed by atoms with Crippen LogP contribution in [0.1, 0.15) is 37.0 Å². The highest BCUT2D eigenvalue weighted by Crippen LogP contribution is 2.26. The highest BCUT2D eigenvalue weighted by Gasteiger charge is 2.27. The molecule has 4 nitrogen and oxygen atoms in total. The van der Waals surface area contributed by atoms with E-state index in [1.807, 2.05) is 18.3 Å². The molecule has 3 N–H and O–H groups in total. The second-order valence-electron chi connectivity index (χ2n) is 8.11. The molecule has 0 amide bonds. The number of quaternary nitrogens is 1. The normalized spacial score (nSPS) is 14.4. The van der Waals surface area contributed by atoms with Gasteiger partial charge in [-0.05, 0) is 42.2 Å². The Bertz CT molecular complexity index is 1010. The van der Waals surface area contributed by atoms with E-state index in [0.29, 0.717) is 31.5 Å². The van der Waals surface area contributed by atoms with Crippen molar-refractivity contribution < 1.29 is 23.9 Å². The summed E-state index contributed by atoms with van der Waals surface area (Å²) in [6, 6.07) is 11.8. The Morgan fingerprint density at radius 2 is 1.81 bits per heavy atom. The fraction of sp³-hybridized carbons (Fsp3) is 0.385. The third kappa shape index (κ3) is 5.88. The van der Waals surface area contributed by atoms with Crippen LogP contribution in [0.25, 0.3) is 5.57 Å². The van der Waals surface area contributed by atoms with E-state index >= 15 is 0 Å². The Morgan fingerprint density at radius 1 is 1.06 bits per heavy atom. The van der Waals surface area contributed by atoms with E-state index in [0.717, 1.165) is 49.0 Å². The van der Waals surface area contributed by atoms with Crippen molar-refractivity contribution in [2.75, 3.05) is 32.7 Å². The Balaban J connectivity index is 2.01. The van der Waals surface area contributed by atoms with Crippen molar-refractivity contribution in [3.8, 4) is 0 Å². The number of hydrogen-bond donors (Lipinski definition) is 1. The van der Waals surface area contributed by atoms with E-state index < -0.39 is 11.6 Å². The summed E-state index contributed by atoms with van der Waals surface area (Å²) < 4.78 is 29.3. The van der Waals surface area contributed by atoms with Crippen LogP contribution in [0.2, 0.25) is 0 Å². The van der Waals surface area contributed by atoms with E-state index in [-0.39, 0.29) is 5.78 Å². The first kappa shape index (κ1) is 23.8. The van der Waals surface area contributed by atoms with Crippen LogP contribution in [0.4, 0.5) is 8.78 Å². The monoisotopic (exact) mass is 441 g/mol. The maximum atomic E-state index is 13.6. The van der Waals surface area contributed by atoms with Crippen LogP contribution in [0.3, 0.4) is 0 Å². The van der Waals surface area contributed by atoms with Crippen LogP contribution in [-0.4, -0.2) is 54.2 Å². The number of ketones is 1. The quantitative estimate of drug-likeness (QED) is 0.608. The molecule has 1 aliphatic heterocycles. The number of hydrogen-bond acceptors (Lipinski definition) is 2. The number of likely N-dealkylation sites (N-methyl/N-ethyl adjacent to an activating group) is 1. The molecule has 0 unspecified atom stereocenters. The maximum Gasteiger partial charge on any atom is 0.187 e. The van der Waals surface area contributed by atoms with E-state index in [9.17, 15) is 13.6 Å². The minimum absolute atomic E-state index is 0.117. The van der Waals surface area contributed by atoms with Gasteiger partial charge in [-0.25, -0.2) is 13.4 Å². The number of benzene rings is 2. The summed E-state index contributed by atoms with van der Waals surface area (Å²) in [6.07, 6.45) is 3.84. The number of Topliss-reactive ketones (excluding diaryl/α,β-unsaturated/α-hetero) is 1. The van der Waals surface area contributed by atoms with E-state index in [1.54, 1.807) is 0 Å². The fourth-order valence-electron chi connectivity index (χ4n) is 4.15. The van der Waals surface area contributed by atoms with Crippen molar-refractivity contribution in [1.29, 1.82) is 0 Å². The van der Waals surface area contributed by atoms with E-state index in [4.69, 9.17) is 0 Å². The fourth-order valence-corrected chi connectivity index (χ4v) is 4.15. The number of aryl methyl sites for hydroxylation is 1. The van der Waals surface area contributed by atoms with Crippen molar-refractivity contribution in [2.24, 2.45) is 0 Å². The predicted molar refractivity (Wildman–Crippen MR) is 123 cm³/mol. The Hall–Kier alpha value is -2.86. The smallest absolute Gasteiger partial charge is 0.187 e. The first-order valence-electron chi connectivity index (χ1n) is 11.4. The number of nitrogens with zero attached hydrogens (tertiary/aromatic N) is 2. The molecule has 2 aromatic carbocycles. The molecule has 0 saturated heterocycles. The lowest BCUT2D eigenvalue weighted by Gasteiger charge is -2.23. The van der Waals surface area contributed by atoms with Crippen LogP contribution in [0.5, 0.6) is 0 Å². The summed E-state index contributed by atoms with van der Waals surface area (Å²) in [6.45, 7) is 7.55. The van der Waals surface area contributed by atoms with Gasteiger partial charge >= 0.3 is 0 Å². The zero-order valence-electron chi connectivity index (χ0n) is 19.0. The molecule has 2 aromatic rings. The second-order valence-corrected chi connectivity index (χ2v) is 8.11. The first-order chi connectivity index (χ1) is 15.4.